The Morgan fingerprint density at radius 1 is 1.29 bits per heavy atom. The van der Waals surface area contributed by atoms with E-state index in [0.29, 0.717) is 6.42 Å². The van der Waals surface area contributed by atoms with Crippen LogP contribution in [-0.4, -0.2) is 44.9 Å². The summed E-state index contributed by atoms with van der Waals surface area (Å²) in [6.07, 6.45) is 6.35. The van der Waals surface area contributed by atoms with Crippen molar-refractivity contribution in [1.29, 1.82) is 0 Å². The van der Waals surface area contributed by atoms with Crippen molar-refractivity contribution in [2.24, 2.45) is 0 Å². The van der Waals surface area contributed by atoms with E-state index in [-0.39, 0.29) is 17.4 Å². The number of pyridine rings is 1. The summed E-state index contributed by atoms with van der Waals surface area (Å²) in [4.78, 5) is 30.9. The maximum Gasteiger partial charge on any atom is 0.233 e. The summed E-state index contributed by atoms with van der Waals surface area (Å²) in [5, 5.41) is 0. The quantitative estimate of drug-likeness (QED) is 0.817. The number of aromatic nitrogens is 3. The highest BCUT2D eigenvalue weighted by Gasteiger charge is 2.39. The molecule has 2 aromatic heterocycles. The van der Waals surface area contributed by atoms with E-state index < -0.39 is 0 Å². The first kappa shape index (κ1) is 19.0. The maximum atomic E-state index is 12.5. The summed E-state index contributed by atoms with van der Waals surface area (Å²) in [5.41, 5.74) is 3.06. The molecule has 6 heteroatoms. The molecule has 1 saturated heterocycles. The first-order chi connectivity index (χ1) is 13.4. The number of piperidine rings is 1. The van der Waals surface area contributed by atoms with Gasteiger partial charge in [-0.05, 0) is 51.8 Å². The molecule has 2 aliphatic heterocycles. The molecular formula is C22H29N5O. The first-order valence-corrected chi connectivity index (χ1v) is 10.2. The lowest BCUT2D eigenvalue weighted by Gasteiger charge is -2.39. The molecule has 1 unspecified atom stereocenters. The summed E-state index contributed by atoms with van der Waals surface area (Å²) >= 11 is 0. The number of hydrogen-bond donors (Lipinski definition) is 0. The third-order valence-corrected chi connectivity index (χ3v) is 5.98. The Labute approximate surface area is 167 Å². The molecule has 4 heterocycles. The van der Waals surface area contributed by atoms with Gasteiger partial charge >= 0.3 is 0 Å². The summed E-state index contributed by atoms with van der Waals surface area (Å²) < 4.78 is 0. The van der Waals surface area contributed by atoms with Gasteiger partial charge in [-0.2, -0.15) is 0 Å². The Hall–Kier alpha value is -2.34. The normalized spacial score (nSPS) is 22.8. The molecule has 0 N–H and O–H groups in total. The van der Waals surface area contributed by atoms with Crippen molar-refractivity contribution in [3.8, 4) is 0 Å². The van der Waals surface area contributed by atoms with E-state index in [1.54, 1.807) is 0 Å². The molecule has 0 aliphatic carbocycles. The molecule has 0 aromatic carbocycles. The zero-order valence-electron chi connectivity index (χ0n) is 17.3. The highest BCUT2D eigenvalue weighted by Crippen LogP contribution is 2.37. The van der Waals surface area contributed by atoms with E-state index in [9.17, 15) is 4.79 Å². The molecule has 2 aromatic rings. The van der Waals surface area contributed by atoms with Gasteiger partial charge in [0.15, 0.2) is 0 Å². The predicted molar refractivity (Wildman–Crippen MR) is 109 cm³/mol. The lowest BCUT2D eigenvalue weighted by Crippen LogP contribution is -2.45. The number of hydrogen-bond acceptors (Lipinski definition) is 5. The van der Waals surface area contributed by atoms with Crippen LogP contribution >= 0.6 is 0 Å². The molecule has 28 heavy (non-hydrogen) atoms. The summed E-state index contributed by atoms with van der Waals surface area (Å²) in [7, 11) is 0. The van der Waals surface area contributed by atoms with Gasteiger partial charge in [-0.15, -0.1) is 0 Å². The number of nitrogens with zero attached hydrogens (tertiary/aromatic N) is 5. The predicted octanol–water partition coefficient (Wildman–Crippen LogP) is 3.03. The second-order valence-corrected chi connectivity index (χ2v) is 8.71. The Kier molecular flexibility index (Phi) is 4.91. The summed E-state index contributed by atoms with van der Waals surface area (Å²) in [5.74, 6) is 1.83. The fourth-order valence-electron chi connectivity index (χ4n) is 4.56. The van der Waals surface area contributed by atoms with Crippen LogP contribution in [0.5, 0.6) is 0 Å². The lowest BCUT2D eigenvalue weighted by atomic mass is 9.80. The van der Waals surface area contributed by atoms with E-state index in [4.69, 9.17) is 9.97 Å². The molecule has 0 radical (unpaired) electrons. The Morgan fingerprint density at radius 2 is 2.11 bits per heavy atom. The van der Waals surface area contributed by atoms with Gasteiger partial charge in [-0.1, -0.05) is 13.0 Å². The lowest BCUT2D eigenvalue weighted by molar-refractivity contribution is -0.117. The molecule has 2 aliphatic rings. The van der Waals surface area contributed by atoms with Gasteiger partial charge in [0.05, 0.1) is 6.42 Å². The number of aryl methyl sites for hydroxylation is 1. The third-order valence-electron chi connectivity index (χ3n) is 5.98. The van der Waals surface area contributed by atoms with Crippen LogP contribution in [0.4, 0.5) is 5.82 Å². The molecule has 0 spiro atoms. The molecule has 6 nitrogen and oxygen atoms in total. The number of fused-ring (bicyclic) bond motifs is 1. The molecular weight excluding hydrogens is 350 g/mol. The number of carbonyl (C=O) groups is 1. The van der Waals surface area contributed by atoms with Crippen molar-refractivity contribution in [1.82, 2.24) is 19.9 Å². The van der Waals surface area contributed by atoms with Gasteiger partial charge in [0.2, 0.25) is 5.91 Å². The van der Waals surface area contributed by atoms with Crippen LogP contribution in [0.15, 0.2) is 24.5 Å². The van der Waals surface area contributed by atoms with Gasteiger partial charge in [0, 0.05) is 48.2 Å². The number of amides is 1. The highest BCUT2D eigenvalue weighted by atomic mass is 16.2. The second kappa shape index (κ2) is 7.24. The summed E-state index contributed by atoms with van der Waals surface area (Å²) in [6.45, 7) is 11.2. The van der Waals surface area contributed by atoms with Gasteiger partial charge in [0.25, 0.3) is 0 Å². The van der Waals surface area contributed by atoms with Crippen molar-refractivity contribution in [2.45, 2.75) is 65.0 Å². The minimum Gasteiger partial charge on any atom is -0.298 e. The van der Waals surface area contributed by atoms with Crippen LogP contribution in [0.3, 0.4) is 0 Å². The Balaban J connectivity index is 1.63. The smallest absolute Gasteiger partial charge is 0.233 e. The van der Waals surface area contributed by atoms with E-state index in [0.717, 1.165) is 55.4 Å². The van der Waals surface area contributed by atoms with Gasteiger partial charge < -0.3 is 0 Å². The largest absolute Gasteiger partial charge is 0.298 e. The minimum atomic E-state index is -0.117. The third kappa shape index (κ3) is 3.41. The van der Waals surface area contributed by atoms with Crippen molar-refractivity contribution in [3.63, 3.8) is 0 Å². The molecule has 1 amide bonds. The molecule has 0 bridgehead atoms. The van der Waals surface area contributed by atoms with E-state index in [1.807, 2.05) is 44.1 Å². The highest BCUT2D eigenvalue weighted by molar-refractivity contribution is 6.00. The molecule has 1 atom stereocenters. The second-order valence-electron chi connectivity index (χ2n) is 8.71. The van der Waals surface area contributed by atoms with E-state index in [1.165, 1.54) is 5.56 Å². The number of rotatable bonds is 4. The monoisotopic (exact) mass is 379 g/mol. The minimum absolute atomic E-state index is 0.108. The molecule has 4 rings (SSSR count). The summed E-state index contributed by atoms with van der Waals surface area (Å²) in [6, 6.07) is 4.22. The van der Waals surface area contributed by atoms with Crippen LogP contribution in [0.1, 0.15) is 56.3 Å². The van der Waals surface area contributed by atoms with Crippen molar-refractivity contribution >= 4 is 11.7 Å². The Morgan fingerprint density at radius 3 is 2.82 bits per heavy atom. The van der Waals surface area contributed by atoms with Gasteiger partial charge in [-0.3, -0.25) is 19.6 Å². The zero-order chi connectivity index (χ0) is 19.9. The fraction of sp³-hybridized carbons (Fsp3) is 0.545. The number of carbonyl (C=O) groups excluding carboxylic acids is 1. The van der Waals surface area contributed by atoms with Crippen molar-refractivity contribution < 1.29 is 4.79 Å². The van der Waals surface area contributed by atoms with Crippen molar-refractivity contribution in [3.05, 3.63) is 47.2 Å². The average Bonchev–Trinajstić information content (AvgIpc) is 2.99. The zero-order valence-corrected chi connectivity index (χ0v) is 17.3. The Bertz CT molecular complexity index is 882. The van der Waals surface area contributed by atoms with E-state index >= 15 is 0 Å². The van der Waals surface area contributed by atoms with Crippen LogP contribution in [0.25, 0.3) is 0 Å². The average molecular weight is 380 g/mol. The van der Waals surface area contributed by atoms with Crippen LogP contribution < -0.4 is 4.90 Å². The topological polar surface area (TPSA) is 62.2 Å². The van der Waals surface area contributed by atoms with Gasteiger partial charge in [0.1, 0.15) is 11.6 Å². The maximum absolute atomic E-state index is 12.5. The number of likely N-dealkylation sites (tertiary alicyclic amines) is 1. The fourth-order valence-corrected chi connectivity index (χ4v) is 4.56. The molecule has 148 valence electrons. The van der Waals surface area contributed by atoms with Crippen LogP contribution in [0.2, 0.25) is 0 Å². The van der Waals surface area contributed by atoms with Crippen LogP contribution in [-0.2, 0) is 23.2 Å². The number of anilines is 1. The first-order valence-electron chi connectivity index (χ1n) is 10.2. The molecule has 1 fully saturated rings. The standard InChI is InChI=1S/C22H29N5O/c1-15(2)27-19(28)11-18-16(3)24-21(25-20(18)27)22(4)8-6-10-26(14-22)13-17-7-5-9-23-12-17/h5,7,9,12,15H,6,8,10-11,13-14H2,1-4H3. The van der Waals surface area contributed by atoms with Gasteiger partial charge in [-0.25, -0.2) is 9.97 Å². The van der Waals surface area contributed by atoms with Crippen molar-refractivity contribution in [2.75, 3.05) is 18.0 Å². The SMILES string of the molecule is Cc1nc(C2(C)CCCN(Cc3cccnc3)C2)nc2c1CC(=O)N2C(C)C. The van der Waals surface area contributed by atoms with E-state index in [2.05, 4.69) is 22.9 Å². The molecule has 0 saturated carbocycles. The van der Waals surface area contributed by atoms with Crippen LogP contribution in [0, 0.1) is 6.92 Å².